The van der Waals surface area contributed by atoms with Crippen LogP contribution >= 0.6 is 11.6 Å². The van der Waals surface area contributed by atoms with E-state index in [4.69, 9.17) is 27.3 Å². The number of anilines is 1. The van der Waals surface area contributed by atoms with Crippen molar-refractivity contribution in [3.05, 3.63) is 58.1 Å². The van der Waals surface area contributed by atoms with Crippen LogP contribution in [-0.4, -0.2) is 0 Å². The van der Waals surface area contributed by atoms with Gasteiger partial charge in [-0.1, -0.05) is 29.8 Å². The third kappa shape index (κ3) is 2.98. The molecule has 0 saturated heterocycles. The van der Waals surface area contributed by atoms with E-state index in [0.717, 1.165) is 11.1 Å². The molecule has 0 aliphatic rings. The fourth-order valence-electron chi connectivity index (χ4n) is 1.79. The van der Waals surface area contributed by atoms with Crippen LogP contribution in [0.1, 0.15) is 16.7 Å². The molecule has 0 aliphatic carbocycles. The fraction of sp³-hybridized carbons (Fsp3) is 0.133. The molecule has 19 heavy (non-hydrogen) atoms. The first-order valence-corrected chi connectivity index (χ1v) is 6.16. The number of nitrogen functional groups attached to an aromatic ring is 1. The maximum absolute atomic E-state index is 9.13. The molecule has 4 heteroatoms. The van der Waals surface area contributed by atoms with Crippen molar-refractivity contribution in [3.63, 3.8) is 0 Å². The number of nitrogens with zero attached hydrogens (tertiary/aromatic N) is 1. The molecule has 0 fully saturated rings. The third-order valence-corrected chi connectivity index (χ3v) is 3.01. The summed E-state index contributed by atoms with van der Waals surface area (Å²) < 4.78 is 5.72. The normalized spacial score (nSPS) is 9.95. The van der Waals surface area contributed by atoms with Gasteiger partial charge in [0.25, 0.3) is 0 Å². The molecule has 0 amide bonds. The van der Waals surface area contributed by atoms with Gasteiger partial charge in [-0.05, 0) is 36.2 Å². The van der Waals surface area contributed by atoms with Gasteiger partial charge in [0.05, 0.1) is 5.69 Å². The van der Waals surface area contributed by atoms with Gasteiger partial charge >= 0.3 is 0 Å². The lowest BCUT2D eigenvalue weighted by Crippen LogP contribution is -2.01. The van der Waals surface area contributed by atoms with Crippen molar-refractivity contribution in [3.8, 4) is 11.8 Å². The van der Waals surface area contributed by atoms with E-state index in [1.54, 1.807) is 12.1 Å². The largest absolute Gasteiger partial charge is 0.487 e. The van der Waals surface area contributed by atoms with Gasteiger partial charge in [-0.3, -0.25) is 0 Å². The summed E-state index contributed by atoms with van der Waals surface area (Å²) in [6.45, 7) is 2.23. The summed E-state index contributed by atoms with van der Waals surface area (Å²) in [5, 5.41) is 9.79. The zero-order chi connectivity index (χ0) is 13.8. The quantitative estimate of drug-likeness (QED) is 0.867. The molecule has 2 aromatic carbocycles. The summed E-state index contributed by atoms with van der Waals surface area (Å²) in [6.07, 6.45) is 0. The minimum Gasteiger partial charge on any atom is -0.487 e. The first-order valence-electron chi connectivity index (χ1n) is 5.78. The summed E-state index contributed by atoms with van der Waals surface area (Å²) in [5.41, 5.74) is 8.40. The van der Waals surface area contributed by atoms with E-state index < -0.39 is 0 Å². The van der Waals surface area contributed by atoms with Gasteiger partial charge in [0.2, 0.25) is 0 Å². The molecule has 0 unspecified atom stereocenters. The van der Waals surface area contributed by atoms with E-state index in [-0.39, 0.29) is 0 Å². The summed E-state index contributed by atoms with van der Waals surface area (Å²) in [4.78, 5) is 0. The van der Waals surface area contributed by atoms with Crippen molar-refractivity contribution in [1.82, 2.24) is 0 Å². The van der Waals surface area contributed by atoms with Crippen LogP contribution in [-0.2, 0) is 6.61 Å². The highest BCUT2D eigenvalue weighted by Gasteiger charge is 2.10. The number of hydrogen-bond acceptors (Lipinski definition) is 3. The van der Waals surface area contributed by atoms with Crippen molar-refractivity contribution in [2.45, 2.75) is 13.5 Å². The number of aryl methyl sites for hydroxylation is 1. The van der Waals surface area contributed by atoms with Crippen molar-refractivity contribution in [2.24, 2.45) is 0 Å². The van der Waals surface area contributed by atoms with Crippen molar-refractivity contribution in [2.75, 3.05) is 5.73 Å². The topological polar surface area (TPSA) is 59.0 Å². The second-order valence-electron chi connectivity index (χ2n) is 4.21. The molecule has 96 valence electrons. The monoisotopic (exact) mass is 272 g/mol. The van der Waals surface area contributed by atoms with Crippen LogP contribution in [0, 0.1) is 18.3 Å². The maximum atomic E-state index is 9.13. The summed E-state index contributed by atoms with van der Waals surface area (Å²) in [6, 6.07) is 13.0. The molecule has 0 aliphatic heterocycles. The zero-order valence-corrected chi connectivity index (χ0v) is 11.2. The van der Waals surface area contributed by atoms with Gasteiger partial charge in [-0.2, -0.15) is 5.26 Å². The van der Waals surface area contributed by atoms with Crippen LogP contribution in [0.5, 0.6) is 5.75 Å². The number of nitrogens with two attached hydrogens (primary N) is 1. The molecule has 0 bridgehead atoms. The van der Waals surface area contributed by atoms with Gasteiger partial charge < -0.3 is 10.5 Å². The van der Waals surface area contributed by atoms with Crippen LogP contribution in [0.25, 0.3) is 0 Å². The molecule has 2 rings (SSSR count). The molecule has 3 nitrogen and oxygen atoms in total. The third-order valence-electron chi connectivity index (χ3n) is 2.77. The molecular weight excluding hydrogens is 260 g/mol. The van der Waals surface area contributed by atoms with Gasteiger partial charge in [-0.15, -0.1) is 0 Å². The Kier molecular flexibility index (Phi) is 3.94. The zero-order valence-electron chi connectivity index (χ0n) is 10.5. The Hall–Kier alpha value is -2.18. The molecule has 0 heterocycles. The van der Waals surface area contributed by atoms with Crippen LogP contribution in [0.15, 0.2) is 36.4 Å². The SMILES string of the molecule is Cc1ccc(N)c(C#N)c1OCc1cccc(Cl)c1. The smallest absolute Gasteiger partial charge is 0.142 e. The number of hydrogen-bond donors (Lipinski definition) is 1. The Morgan fingerprint density at radius 3 is 2.79 bits per heavy atom. The Balaban J connectivity index is 2.25. The lowest BCUT2D eigenvalue weighted by Gasteiger charge is -2.12. The lowest BCUT2D eigenvalue weighted by atomic mass is 10.1. The van der Waals surface area contributed by atoms with Gasteiger partial charge in [0.1, 0.15) is 24.0 Å². The van der Waals surface area contributed by atoms with E-state index >= 15 is 0 Å². The molecular formula is C15H13ClN2O. The Morgan fingerprint density at radius 1 is 1.32 bits per heavy atom. The first kappa shape index (κ1) is 13.3. The lowest BCUT2D eigenvalue weighted by molar-refractivity contribution is 0.303. The summed E-state index contributed by atoms with van der Waals surface area (Å²) >= 11 is 5.91. The fourth-order valence-corrected chi connectivity index (χ4v) is 2.00. The van der Waals surface area contributed by atoms with Crippen molar-refractivity contribution >= 4 is 17.3 Å². The predicted octanol–water partition coefficient (Wildman–Crippen LogP) is 3.68. The highest BCUT2D eigenvalue weighted by Crippen LogP contribution is 2.28. The average Bonchev–Trinajstić information content (AvgIpc) is 2.39. The second kappa shape index (κ2) is 5.64. The highest BCUT2D eigenvalue weighted by atomic mass is 35.5. The Labute approximate surface area is 117 Å². The summed E-state index contributed by atoms with van der Waals surface area (Å²) in [7, 11) is 0. The molecule has 2 N–H and O–H groups in total. The Bertz CT molecular complexity index is 647. The van der Waals surface area contributed by atoms with Crippen LogP contribution in [0.4, 0.5) is 5.69 Å². The Morgan fingerprint density at radius 2 is 2.11 bits per heavy atom. The number of halogens is 1. The minimum atomic E-state index is 0.347. The minimum absolute atomic E-state index is 0.347. The first-order chi connectivity index (χ1) is 9.11. The van der Waals surface area contributed by atoms with Crippen LogP contribution in [0.3, 0.4) is 0 Å². The van der Waals surface area contributed by atoms with Crippen LogP contribution in [0.2, 0.25) is 5.02 Å². The number of rotatable bonds is 3. The van der Waals surface area contributed by atoms with E-state index in [1.165, 1.54) is 0 Å². The summed E-state index contributed by atoms with van der Waals surface area (Å²) in [5.74, 6) is 0.530. The number of benzene rings is 2. The predicted molar refractivity (Wildman–Crippen MR) is 76.1 cm³/mol. The van der Waals surface area contributed by atoms with E-state index in [2.05, 4.69) is 6.07 Å². The van der Waals surface area contributed by atoms with Crippen molar-refractivity contribution in [1.29, 1.82) is 5.26 Å². The van der Waals surface area contributed by atoms with E-state index in [0.29, 0.717) is 28.6 Å². The van der Waals surface area contributed by atoms with Gasteiger partial charge in [-0.25, -0.2) is 0 Å². The van der Waals surface area contributed by atoms with Gasteiger partial charge in [0.15, 0.2) is 0 Å². The second-order valence-corrected chi connectivity index (χ2v) is 4.64. The van der Waals surface area contributed by atoms with E-state index in [1.807, 2.05) is 31.2 Å². The van der Waals surface area contributed by atoms with Crippen LogP contribution < -0.4 is 10.5 Å². The standard InChI is InChI=1S/C15H13ClN2O/c1-10-5-6-14(18)13(8-17)15(10)19-9-11-3-2-4-12(16)7-11/h2-7H,9,18H2,1H3. The van der Waals surface area contributed by atoms with E-state index in [9.17, 15) is 0 Å². The molecule has 0 spiro atoms. The molecule has 0 atom stereocenters. The maximum Gasteiger partial charge on any atom is 0.142 e. The molecule has 0 radical (unpaired) electrons. The molecule has 0 saturated carbocycles. The highest BCUT2D eigenvalue weighted by molar-refractivity contribution is 6.30. The number of nitriles is 1. The average molecular weight is 273 g/mol. The van der Waals surface area contributed by atoms with Gasteiger partial charge in [0, 0.05) is 5.02 Å². The molecule has 0 aromatic heterocycles. The molecule has 2 aromatic rings. The number of ether oxygens (including phenoxy) is 1. The van der Waals surface area contributed by atoms with Crippen molar-refractivity contribution < 1.29 is 4.74 Å².